The molecular weight excluding hydrogens is 404 g/mol. The van der Waals surface area contributed by atoms with Gasteiger partial charge in [-0.05, 0) is 29.7 Å². The summed E-state index contributed by atoms with van der Waals surface area (Å²) in [5, 5.41) is 2.68. The molecule has 2 N–H and O–H groups in total. The van der Waals surface area contributed by atoms with E-state index in [1.165, 1.54) is 18.3 Å². The Hall–Kier alpha value is -2.48. The second-order valence-electron chi connectivity index (χ2n) is 6.69. The van der Waals surface area contributed by atoms with Crippen molar-refractivity contribution in [3.8, 4) is 0 Å². The van der Waals surface area contributed by atoms with E-state index in [-0.39, 0.29) is 16.0 Å². The first-order chi connectivity index (χ1) is 14.0. The van der Waals surface area contributed by atoms with Gasteiger partial charge in [0.1, 0.15) is 4.21 Å². The zero-order valence-electron chi connectivity index (χ0n) is 16.2. The van der Waals surface area contributed by atoms with Crippen LogP contribution in [0.1, 0.15) is 35.3 Å². The van der Waals surface area contributed by atoms with E-state index >= 15 is 0 Å². The molecule has 0 bridgehead atoms. The van der Waals surface area contributed by atoms with Gasteiger partial charge in [0, 0.05) is 24.3 Å². The summed E-state index contributed by atoms with van der Waals surface area (Å²) in [5.41, 5.74) is 2.32. The van der Waals surface area contributed by atoms with Crippen LogP contribution in [0.5, 0.6) is 0 Å². The molecule has 0 spiro atoms. The van der Waals surface area contributed by atoms with Crippen molar-refractivity contribution in [3.63, 3.8) is 0 Å². The maximum absolute atomic E-state index is 12.7. The van der Waals surface area contributed by atoms with E-state index in [1.54, 1.807) is 12.1 Å². The third kappa shape index (κ3) is 6.00. The van der Waals surface area contributed by atoms with Crippen LogP contribution in [-0.4, -0.2) is 20.9 Å². The number of hydrogen-bond donors (Lipinski definition) is 2. The molecule has 5 nitrogen and oxygen atoms in total. The zero-order valence-corrected chi connectivity index (χ0v) is 17.8. The molecule has 1 aromatic heterocycles. The Kier molecular flexibility index (Phi) is 7.19. The SMILES string of the molecule is CC(=O)NCc1ccc(S(=O)(=O)NCCC(c2ccccc2)c2ccccc2)s1. The number of thiophene rings is 1. The minimum Gasteiger partial charge on any atom is -0.351 e. The van der Waals surface area contributed by atoms with Crippen LogP contribution in [0.2, 0.25) is 0 Å². The Morgan fingerprint density at radius 1 is 0.931 bits per heavy atom. The second-order valence-corrected chi connectivity index (χ2v) is 9.85. The Morgan fingerprint density at radius 2 is 1.52 bits per heavy atom. The van der Waals surface area contributed by atoms with Crippen LogP contribution in [-0.2, 0) is 21.4 Å². The molecule has 0 saturated carbocycles. The Labute approximate surface area is 175 Å². The van der Waals surface area contributed by atoms with Gasteiger partial charge in [0.15, 0.2) is 0 Å². The fourth-order valence-electron chi connectivity index (χ4n) is 3.11. The quantitative estimate of drug-likeness (QED) is 0.543. The summed E-state index contributed by atoms with van der Waals surface area (Å²) >= 11 is 1.17. The molecule has 0 aliphatic heterocycles. The first kappa shape index (κ1) is 21.2. The molecule has 152 valence electrons. The third-order valence-electron chi connectivity index (χ3n) is 4.54. The monoisotopic (exact) mass is 428 g/mol. The largest absolute Gasteiger partial charge is 0.351 e. The van der Waals surface area contributed by atoms with Crippen molar-refractivity contribution in [3.05, 3.63) is 88.8 Å². The lowest BCUT2D eigenvalue weighted by atomic mass is 9.89. The molecule has 0 fully saturated rings. The predicted octanol–water partition coefficient (Wildman–Crippen LogP) is 3.88. The highest BCUT2D eigenvalue weighted by Crippen LogP contribution is 2.28. The molecule has 3 aromatic rings. The Balaban J connectivity index is 1.66. The van der Waals surface area contributed by atoms with E-state index in [0.29, 0.717) is 19.5 Å². The highest BCUT2D eigenvalue weighted by molar-refractivity contribution is 7.91. The van der Waals surface area contributed by atoms with Crippen LogP contribution in [0.3, 0.4) is 0 Å². The van der Waals surface area contributed by atoms with Crippen molar-refractivity contribution in [2.24, 2.45) is 0 Å². The van der Waals surface area contributed by atoms with E-state index in [0.717, 1.165) is 16.0 Å². The summed E-state index contributed by atoms with van der Waals surface area (Å²) < 4.78 is 28.3. The number of carbonyl (C=O) groups excluding carboxylic acids is 1. The summed E-state index contributed by atoms with van der Waals surface area (Å²) in [6, 6.07) is 23.5. The average molecular weight is 429 g/mol. The fourth-order valence-corrected chi connectivity index (χ4v) is 5.50. The number of sulfonamides is 1. The van der Waals surface area contributed by atoms with Gasteiger partial charge in [-0.1, -0.05) is 60.7 Å². The van der Waals surface area contributed by atoms with E-state index in [2.05, 4.69) is 34.3 Å². The number of rotatable bonds is 9. The minimum atomic E-state index is -3.58. The lowest BCUT2D eigenvalue weighted by molar-refractivity contribution is -0.119. The lowest BCUT2D eigenvalue weighted by Crippen LogP contribution is -2.25. The number of nitrogens with one attached hydrogen (secondary N) is 2. The van der Waals surface area contributed by atoms with Crippen molar-refractivity contribution in [1.29, 1.82) is 0 Å². The first-order valence-electron chi connectivity index (χ1n) is 9.38. The normalized spacial score (nSPS) is 11.5. The van der Waals surface area contributed by atoms with Crippen molar-refractivity contribution < 1.29 is 13.2 Å². The molecule has 0 aliphatic carbocycles. The molecule has 0 aliphatic rings. The first-order valence-corrected chi connectivity index (χ1v) is 11.7. The van der Waals surface area contributed by atoms with Crippen LogP contribution in [0.25, 0.3) is 0 Å². The Bertz CT molecular complexity index is 993. The molecule has 0 saturated heterocycles. The van der Waals surface area contributed by atoms with Gasteiger partial charge in [-0.15, -0.1) is 11.3 Å². The van der Waals surface area contributed by atoms with E-state index < -0.39 is 10.0 Å². The topological polar surface area (TPSA) is 75.3 Å². The van der Waals surface area contributed by atoms with Gasteiger partial charge in [-0.3, -0.25) is 4.79 Å². The van der Waals surface area contributed by atoms with Gasteiger partial charge < -0.3 is 5.32 Å². The summed E-state index contributed by atoms with van der Waals surface area (Å²) in [6.45, 7) is 2.10. The van der Waals surface area contributed by atoms with Gasteiger partial charge in [-0.25, -0.2) is 13.1 Å². The van der Waals surface area contributed by atoms with Crippen molar-refractivity contribution in [2.45, 2.75) is 30.0 Å². The molecular formula is C22H24N2O3S2. The maximum atomic E-state index is 12.7. The van der Waals surface area contributed by atoms with Crippen LogP contribution in [0.4, 0.5) is 0 Å². The predicted molar refractivity (Wildman–Crippen MR) is 116 cm³/mol. The molecule has 0 radical (unpaired) electrons. The smallest absolute Gasteiger partial charge is 0.250 e. The molecule has 7 heteroatoms. The third-order valence-corrected chi connectivity index (χ3v) is 7.58. The van der Waals surface area contributed by atoms with Crippen LogP contribution >= 0.6 is 11.3 Å². The summed E-state index contributed by atoms with van der Waals surface area (Å²) in [7, 11) is -3.58. The molecule has 1 amide bonds. The highest BCUT2D eigenvalue weighted by Gasteiger charge is 2.19. The van der Waals surface area contributed by atoms with E-state index in [4.69, 9.17) is 0 Å². The van der Waals surface area contributed by atoms with Crippen LogP contribution < -0.4 is 10.0 Å². The highest BCUT2D eigenvalue weighted by atomic mass is 32.2. The molecule has 29 heavy (non-hydrogen) atoms. The molecule has 3 rings (SSSR count). The minimum absolute atomic E-state index is 0.110. The van der Waals surface area contributed by atoms with Crippen molar-refractivity contribution in [2.75, 3.05) is 6.54 Å². The van der Waals surface area contributed by atoms with Crippen LogP contribution in [0, 0.1) is 0 Å². The lowest BCUT2D eigenvalue weighted by Gasteiger charge is -2.18. The standard InChI is InChI=1S/C22H24N2O3S2/c1-17(25)23-16-20-12-13-22(28-20)29(26,27)24-15-14-21(18-8-4-2-5-9-18)19-10-6-3-7-11-19/h2-13,21,24H,14-16H2,1H3,(H,23,25). The van der Waals surface area contributed by atoms with Crippen molar-refractivity contribution >= 4 is 27.3 Å². The van der Waals surface area contributed by atoms with E-state index in [1.807, 2.05) is 36.4 Å². The van der Waals surface area contributed by atoms with Gasteiger partial charge in [0.05, 0.1) is 6.54 Å². The summed E-state index contributed by atoms with van der Waals surface area (Å²) in [5.74, 6) is -0.0347. The van der Waals surface area contributed by atoms with Gasteiger partial charge >= 0.3 is 0 Å². The van der Waals surface area contributed by atoms with E-state index in [9.17, 15) is 13.2 Å². The molecule has 0 atom stereocenters. The summed E-state index contributed by atoms with van der Waals surface area (Å²) in [4.78, 5) is 11.8. The van der Waals surface area contributed by atoms with Crippen LogP contribution in [0.15, 0.2) is 77.0 Å². The second kappa shape index (κ2) is 9.82. The number of amides is 1. The van der Waals surface area contributed by atoms with Gasteiger partial charge in [-0.2, -0.15) is 0 Å². The molecule has 0 unspecified atom stereocenters. The fraction of sp³-hybridized carbons (Fsp3) is 0.227. The zero-order chi connectivity index (χ0) is 20.7. The average Bonchev–Trinajstić information content (AvgIpc) is 3.21. The molecule has 1 heterocycles. The number of hydrogen-bond acceptors (Lipinski definition) is 4. The number of benzene rings is 2. The van der Waals surface area contributed by atoms with Crippen molar-refractivity contribution in [1.82, 2.24) is 10.0 Å². The maximum Gasteiger partial charge on any atom is 0.250 e. The van der Waals surface area contributed by atoms with Gasteiger partial charge in [0.25, 0.3) is 0 Å². The number of carbonyl (C=O) groups is 1. The Morgan fingerprint density at radius 3 is 2.07 bits per heavy atom. The van der Waals surface area contributed by atoms with Gasteiger partial charge in [0.2, 0.25) is 15.9 Å². The molecule has 2 aromatic carbocycles. The summed E-state index contributed by atoms with van der Waals surface area (Å²) in [6.07, 6.45) is 0.650.